The first-order valence-corrected chi connectivity index (χ1v) is 12.0. The van der Waals surface area contributed by atoms with Gasteiger partial charge < -0.3 is 19.9 Å². The first-order chi connectivity index (χ1) is 15.4. The average molecular weight is 475 g/mol. The first kappa shape index (κ1) is 22.5. The molecule has 2 aromatic rings. The Kier molecular flexibility index (Phi) is 6.95. The number of amides is 2. The highest BCUT2D eigenvalue weighted by Gasteiger charge is 2.38. The maximum Gasteiger partial charge on any atom is 0.415 e. The van der Waals surface area contributed by atoms with Crippen molar-refractivity contribution in [3.63, 3.8) is 0 Å². The van der Waals surface area contributed by atoms with Gasteiger partial charge in [-0.25, -0.2) is 19.7 Å². The van der Waals surface area contributed by atoms with Crippen LogP contribution in [-0.4, -0.2) is 61.8 Å². The molecule has 2 fully saturated rings. The van der Waals surface area contributed by atoms with Crippen molar-refractivity contribution in [2.75, 3.05) is 23.7 Å². The van der Waals surface area contributed by atoms with Crippen LogP contribution in [0.15, 0.2) is 35.9 Å². The van der Waals surface area contributed by atoms with Gasteiger partial charge in [0.2, 0.25) is 0 Å². The smallest absolute Gasteiger partial charge is 0.409 e. The summed E-state index contributed by atoms with van der Waals surface area (Å²) in [6, 6.07) is 2.91. The predicted molar refractivity (Wildman–Crippen MR) is 126 cm³/mol. The number of hydrogen-bond acceptors (Lipinski definition) is 7. The number of aromatic amines is 1. The molecule has 0 radical (unpaired) electrons. The minimum atomic E-state index is -0.383. The third kappa shape index (κ3) is 5.04. The number of H-pyrrole nitrogens is 1. The van der Waals surface area contributed by atoms with Crippen molar-refractivity contribution in [3.05, 3.63) is 30.7 Å². The summed E-state index contributed by atoms with van der Waals surface area (Å²) in [5.41, 5.74) is 0. The molecule has 2 aliphatic rings. The van der Waals surface area contributed by atoms with Gasteiger partial charge in [0, 0.05) is 31.2 Å². The molecule has 0 spiro atoms. The summed E-state index contributed by atoms with van der Waals surface area (Å²) in [6.45, 7) is 5.23. The Morgan fingerprint density at radius 2 is 2.09 bits per heavy atom. The Bertz CT molecular complexity index is 958. The molecule has 170 valence electrons. The minimum Gasteiger partial charge on any atom is -0.409 e. The van der Waals surface area contributed by atoms with E-state index in [0.29, 0.717) is 35.7 Å². The van der Waals surface area contributed by atoms with E-state index in [0.717, 1.165) is 23.8 Å². The third-order valence-electron chi connectivity index (χ3n) is 5.59. The zero-order valence-electron chi connectivity index (χ0n) is 18.0. The van der Waals surface area contributed by atoms with E-state index in [9.17, 15) is 9.59 Å². The normalized spacial score (nSPS) is 19.5. The van der Waals surface area contributed by atoms with Crippen molar-refractivity contribution in [2.45, 2.75) is 37.9 Å². The van der Waals surface area contributed by atoms with Gasteiger partial charge in [-0.1, -0.05) is 25.6 Å². The Balaban J connectivity index is 1.27. The van der Waals surface area contributed by atoms with Gasteiger partial charge in [0.05, 0.1) is 6.20 Å². The quantitative estimate of drug-likeness (QED) is 0.486. The second-order valence-electron chi connectivity index (χ2n) is 8.20. The zero-order chi connectivity index (χ0) is 22.7. The standard InChI is InChI=1S/C21H26N6O3S2/c1-13(2)17-18(28)27(20(31)25-17)16-4-3-15(11-24-16)30-21(29)26-9-5-14(6-10-26)12-32-19-22-7-8-23-19/h3-4,7-8,11,13-14,17H,5-6,9-10,12H2,1-2H3,(H,22,23)(H,25,31). The molecule has 4 heterocycles. The minimum absolute atomic E-state index is 0.110. The lowest BCUT2D eigenvalue weighted by molar-refractivity contribution is -0.119. The molecule has 11 heteroatoms. The van der Waals surface area contributed by atoms with Crippen LogP contribution < -0.4 is 15.0 Å². The van der Waals surface area contributed by atoms with E-state index in [-0.39, 0.29) is 24.0 Å². The summed E-state index contributed by atoms with van der Waals surface area (Å²) >= 11 is 7.00. The van der Waals surface area contributed by atoms with Gasteiger partial charge in [0.15, 0.2) is 16.0 Å². The Hall–Kier alpha value is -2.66. The molecule has 2 amide bonds. The predicted octanol–water partition coefficient (Wildman–Crippen LogP) is 3.05. The molecule has 0 saturated carbocycles. The van der Waals surface area contributed by atoms with Crippen molar-refractivity contribution < 1.29 is 14.3 Å². The third-order valence-corrected chi connectivity index (χ3v) is 7.03. The zero-order valence-corrected chi connectivity index (χ0v) is 19.6. The van der Waals surface area contributed by atoms with Crippen molar-refractivity contribution in [1.82, 2.24) is 25.2 Å². The van der Waals surface area contributed by atoms with Crippen molar-refractivity contribution in [3.8, 4) is 5.75 Å². The number of rotatable bonds is 6. The summed E-state index contributed by atoms with van der Waals surface area (Å²) in [4.78, 5) is 39.9. The number of carbonyl (C=O) groups is 2. The van der Waals surface area contributed by atoms with Gasteiger partial charge in [0.25, 0.3) is 5.91 Å². The maximum atomic E-state index is 12.6. The number of anilines is 1. The van der Waals surface area contributed by atoms with Crippen LogP contribution >= 0.6 is 24.0 Å². The molecule has 1 unspecified atom stereocenters. The van der Waals surface area contributed by atoms with Gasteiger partial charge in [-0.05, 0) is 49.0 Å². The number of thiocarbonyl (C=S) groups is 1. The molecular weight excluding hydrogens is 448 g/mol. The summed E-state index contributed by atoms with van der Waals surface area (Å²) < 4.78 is 5.49. The van der Waals surface area contributed by atoms with E-state index in [1.807, 2.05) is 20.0 Å². The number of carbonyl (C=O) groups excluding carboxylic acids is 2. The number of pyridine rings is 1. The van der Waals surface area contributed by atoms with Crippen molar-refractivity contribution in [2.24, 2.45) is 11.8 Å². The van der Waals surface area contributed by atoms with E-state index in [1.54, 1.807) is 35.0 Å². The number of nitrogens with zero attached hydrogens (tertiary/aromatic N) is 4. The van der Waals surface area contributed by atoms with Crippen LogP contribution in [-0.2, 0) is 4.79 Å². The summed E-state index contributed by atoms with van der Waals surface area (Å²) in [5.74, 6) is 2.24. The number of aromatic nitrogens is 3. The first-order valence-electron chi connectivity index (χ1n) is 10.6. The summed E-state index contributed by atoms with van der Waals surface area (Å²) in [6.07, 6.45) is 6.49. The lowest BCUT2D eigenvalue weighted by Gasteiger charge is -2.30. The molecule has 0 aliphatic carbocycles. The van der Waals surface area contributed by atoms with Gasteiger partial charge in [0.1, 0.15) is 11.9 Å². The molecule has 2 N–H and O–H groups in total. The highest BCUT2D eigenvalue weighted by Crippen LogP contribution is 2.26. The topological polar surface area (TPSA) is 103 Å². The number of piperidine rings is 1. The Labute approximate surface area is 196 Å². The molecule has 0 bridgehead atoms. The highest BCUT2D eigenvalue weighted by atomic mass is 32.2. The largest absolute Gasteiger partial charge is 0.415 e. The van der Waals surface area contributed by atoms with E-state index in [4.69, 9.17) is 17.0 Å². The number of likely N-dealkylation sites (tertiary alicyclic amines) is 1. The molecular formula is C21H26N6O3S2. The van der Waals surface area contributed by atoms with E-state index in [2.05, 4.69) is 20.3 Å². The lowest BCUT2D eigenvalue weighted by Crippen LogP contribution is -2.40. The molecule has 2 aromatic heterocycles. The number of ether oxygens (including phenoxy) is 1. The summed E-state index contributed by atoms with van der Waals surface area (Å²) in [5, 5.41) is 4.29. The number of imidazole rings is 1. The maximum absolute atomic E-state index is 12.6. The molecule has 0 aromatic carbocycles. The van der Waals surface area contributed by atoms with Crippen LogP contribution in [0.5, 0.6) is 5.75 Å². The monoisotopic (exact) mass is 474 g/mol. The molecule has 4 rings (SSSR count). The van der Waals surface area contributed by atoms with Crippen LogP contribution in [0, 0.1) is 11.8 Å². The molecule has 9 nitrogen and oxygen atoms in total. The molecule has 1 atom stereocenters. The lowest BCUT2D eigenvalue weighted by atomic mass is 9.99. The number of hydrogen-bond donors (Lipinski definition) is 2. The van der Waals surface area contributed by atoms with Gasteiger partial charge in [-0.3, -0.25) is 4.79 Å². The highest BCUT2D eigenvalue weighted by molar-refractivity contribution is 7.99. The van der Waals surface area contributed by atoms with Crippen molar-refractivity contribution >= 4 is 46.9 Å². The van der Waals surface area contributed by atoms with Gasteiger partial charge >= 0.3 is 6.09 Å². The fraction of sp³-hybridized carbons (Fsp3) is 0.476. The van der Waals surface area contributed by atoms with E-state index < -0.39 is 0 Å². The van der Waals surface area contributed by atoms with E-state index in [1.165, 1.54) is 11.1 Å². The van der Waals surface area contributed by atoms with Crippen LogP contribution in [0.25, 0.3) is 0 Å². The Morgan fingerprint density at radius 1 is 1.31 bits per heavy atom. The fourth-order valence-electron chi connectivity index (χ4n) is 3.71. The second-order valence-corrected chi connectivity index (χ2v) is 9.60. The summed E-state index contributed by atoms with van der Waals surface area (Å²) in [7, 11) is 0. The van der Waals surface area contributed by atoms with Crippen LogP contribution in [0.2, 0.25) is 0 Å². The van der Waals surface area contributed by atoms with E-state index >= 15 is 0 Å². The number of nitrogens with one attached hydrogen (secondary N) is 2. The molecule has 32 heavy (non-hydrogen) atoms. The second kappa shape index (κ2) is 9.86. The van der Waals surface area contributed by atoms with Gasteiger partial charge in [-0.15, -0.1) is 0 Å². The SMILES string of the molecule is CC(C)C1NC(=S)N(c2ccc(OC(=O)N3CCC(CSc4ncc[nH]4)CC3)cn2)C1=O. The van der Waals surface area contributed by atoms with Crippen molar-refractivity contribution in [1.29, 1.82) is 0 Å². The van der Waals surface area contributed by atoms with Crippen LogP contribution in [0.1, 0.15) is 26.7 Å². The molecule has 2 saturated heterocycles. The van der Waals surface area contributed by atoms with Gasteiger partial charge in [-0.2, -0.15) is 0 Å². The fourth-order valence-corrected chi connectivity index (χ4v) is 5.03. The Morgan fingerprint density at radius 3 is 2.69 bits per heavy atom. The average Bonchev–Trinajstić information content (AvgIpc) is 3.41. The number of thioether (sulfide) groups is 1. The van der Waals surface area contributed by atoms with Crippen LogP contribution in [0.4, 0.5) is 10.6 Å². The van der Waals surface area contributed by atoms with Crippen LogP contribution in [0.3, 0.4) is 0 Å². The molecule has 2 aliphatic heterocycles.